The Morgan fingerprint density at radius 3 is 2.40 bits per heavy atom. The van der Waals surface area contributed by atoms with Crippen LogP contribution in [0.1, 0.15) is 10.5 Å². The highest BCUT2D eigenvalue weighted by Crippen LogP contribution is 2.16. The Morgan fingerprint density at radius 1 is 1.30 bits per heavy atom. The van der Waals surface area contributed by atoms with E-state index in [1.165, 1.54) is 10.6 Å². The van der Waals surface area contributed by atoms with Crippen LogP contribution in [0.3, 0.4) is 0 Å². The highest BCUT2D eigenvalue weighted by Gasteiger charge is 2.35. The largest absolute Gasteiger partial charge is 0.477 e. The Bertz CT molecular complexity index is 487. The van der Waals surface area contributed by atoms with Crippen LogP contribution in [-0.2, 0) is 20.8 Å². The van der Waals surface area contributed by atoms with Crippen LogP contribution in [0.5, 0.6) is 0 Å². The summed E-state index contributed by atoms with van der Waals surface area (Å²) in [6.45, 7) is 0.913. The van der Waals surface area contributed by atoms with Crippen LogP contribution in [0, 0.1) is 0 Å². The molecule has 1 aliphatic heterocycles. The molecule has 1 N–H and O–H groups in total. The maximum atomic E-state index is 12.2. The van der Waals surface area contributed by atoms with Crippen molar-refractivity contribution in [2.75, 3.05) is 27.3 Å². The van der Waals surface area contributed by atoms with Crippen LogP contribution in [0.25, 0.3) is 0 Å². The Balaban J connectivity index is 2.02. The number of carboxylic acids is 1. The molecule has 0 bridgehead atoms. The SMILES string of the molecule is COC1CN(C(=O)Cn2cccc2C(=O)O)CC1OC. The van der Waals surface area contributed by atoms with Gasteiger partial charge in [-0.3, -0.25) is 4.79 Å². The molecule has 1 aromatic rings. The van der Waals surface area contributed by atoms with Crippen molar-refractivity contribution in [2.45, 2.75) is 18.8 Å². The first kappa shape index (κ1) is 14.5. The van der Waals surface area contributed by atoms with Crippen molar-refractivity contribution < 1.29 is 24.2 Å². The number of likely N-dealkylation sites (tertiary alicyclic amines) is 1. The van der Waals surface area contributed by atoms with Gasteiger partial charge in [0, 0.05) is 33.5 Å². The standard InChI is InChI=1S/C13H18N2O5/c1-19-10-6-15(7-11(10)20-2)12(16)8-14-5-3-4-9(14)13(17)18/h3-5,10-11H,6-8H2,1-2H3,(H,17,18). The second kappa shape index (κ2) is 6.06. The first-order chi connectivity index (χ1) is 9.56. The number of methoxy groups -OCH3 is 2. The summed E-state index contributed by atoms with van der Waals surface area (Å²) in [4.78, 5) is 24.8. The molecule has 7 heteroatoms. The summed E-state index contributed by atoms with van der Waals surface area (Å²) in [5.74, 6) is -1.20. The number of ether oxygens (including phenoxy) is 2. The van der Waals surface area contributed by atoms with Gasteiger partial charge in [-0.15, -0.1) is 0 Å². The Morgan fingerprint density at radius 2 is 1.90 bits per heavy atom. The number of carbonyl (C=O) groups excluding carboxylic acids is 1. The molecule has 7 nitrogen and oxygen atoms in total. The van der Waals surface area contributed by atoms with Crippen LogP contribution < -0.4 is 0 Å². The topological polar surface area (TPSA) is 81.0 Å². The summed E-state index contributed by atoms with van der Waals surface area (Å²) in [6, 6.07) is 3.08. The summed E-state index contributed by atoms with van der Waals surface area (Å²) in [5.41, 5.74) is 0.101. The molecule has 2 heterocycles. The zero-order valence-electron chi connectivity index (χ0n) is 11.5. The van der Waals surface area contributed by atoms with Crippen molar-refractivity contribution in [1.29, 1.82) is 0 Å². The van der Waals surface area contributed by atoms with Crippen molar-refractivity contribution in [1.82, 2.24) is 9.47 Å². The molecule has 1 aromatic heterocycles. The molecule has 1 fully saturated rings. The highest BCUT2D eigenvalue weighted by molar-refractivity contribution is 5.87. The van der Waals surface area contributed by atoms with Gasteiger partial charge in [-0.25, -0.2) is 4.79 Å². The van der Waals surface area contributed by atoms with Gasteiger partial charge >= 0.3 is 5.97 Å². The summed E-state index contributed by atoms with van der Waals surface area (Å²) < 4.78 is 12.0. The molecule has 0 aliphatic carbocycles. The normalized spacial score (nSPS) is 22.2. The molecule has 110 valence electrons. The van der Waals surface area contributed by atoms with Crippen LogP contribution in [0.15, 0.2) is 18.3 Å². The lowest BCUT2D eigenvalue weighted by Gasteiger charge is -2.16. The Labute approximate surface area is 116 Å². The number of nitrogens with zero attached hydrogens (tertiary/aromatic N) is 2. The van der Waals surface area contributed by atoms with Gasteiger partial charge in [-0.1, -0.05) is 0 Å². The second-order valence-electron chi connectivity index (χ2n) is 4.67. The molecule has 1 aliphatic rings. The molecule has 2 atom stereocenters. The summed E-state index contributed by atoms with van der Waals surface area (Å²) in [7, 11) is 3.16. The minimum atomic E-state index is -1.05. The fourth-order valence-electron chi connectivity index (χ4n) is 2.39. The zero-order valence-corrected chi connectivity index (χ0v) is 11.5. The van der Waals surface area contributed by atoms with E-state index in [-0.39, 0.29) is 30.4 Å². The lowest BCUT2D eigenvalue weighted by molar-refractivity contribution is -0.131. The number of aromatic nitrogens is 1. The third-order valence-electron chi connectivity index (χ3n) is 3.53. The summed E-state index contributed by atoms with van der Waals surface area (Å²) >= 11 is 0. The maximum Gasteiger partial charge on any atom is 0.352 e. The number of amides is 1. The Hall–Kier alpha value is -1.86. The van der Waals surface area contributed by atoms with E-state index in [4.69, 9.17) is 14.6 Å². The molecule has 0 saturated carbocycles. The van der Waals surface area contributed by atoms with Crippen molar-refractivity contribution >= 4 is 11.9 Å². The molecule has 1 saturated heterocycles. The highest BCUT2D eigenvalue weighted by atomic mass is 16.5. The number of rotatable bonds is 5. The van der Waals surface area contributed by atoms with E-state index >= 15 is 0 Å². The third kappa shape index (κ3) is 2.83. The maximum absolute atomic E-state index is 12.2. The van der Waals surface area contributed by atoms with Gasteiger partial charge in [-0.05, 0) is 12.1 Å². The lowest BCUT2D eigenvalue weighted by atomic mass is 10.3. The smallest absolute Gasteiger partial charge is 0.352 e. The van der Waals surface area contributed by atoms with E-state index in [1.54, 1.807) is 31.4 Å². The second-order valence-corrected chi connectivity index (χ2v) is 4.67. The number of carbonyl (C=O) groups is 2. The molecular formula is C13H18N2O5. The minimum Gasteiger partial charge on any atom is -0.477 e. The number of carboxylic acid groups (broad SMARTS) is 1. The van der Waals surface area contributed by atoms with Gasteiger partial charge in [0.15, 0.2) is 0 Å². The van der Waals surface area contributed by atoms with Gasteiger partial charge in [0.25, 0.3) is 0 Å². The molecule has 0 aromatic carbocycles. The lowest BCUT2D eigenvalue weighted by Crippen LogP contribution is -2.33. The summed E-state index contributed by atoms with van der Waals surface area (Å²) in [6.07, 6.45) is 1.29. The average molecular weight is 282 g/mol. The van der Waals surface area contributed by atoms with Crippen molar-refractivity contribution in [3.8, 4) is 0 Å². The minimum absolute atomic E-state index is 0.00149. The predicted molar refractivity (Wildman–Crippen MR) is 69.6 cm³/mol. The van der Waals surface area contributed by atoms with Crippen LogP contribution >= 0.6 is 0 Å². The monoisotopic (exact) mass is 282 g/mol. The van der Waals surface area contributed by atoms with Crippen molar-refractivity contribution in [2.24, 2.45) is 0 Å². The van der Waals surface area contributed by atoms with Gasteiger partial charge in [0.2, 0.25) is 5.91 Å². The van der Waals surface area contributed by atoms with E-state index < -0.39 is 5.97 Å². The van der Waals surface area contributed by atoms with E-state index in [0.717, 1.165) is 0 Å². The fourth-order valence-corrected chi connectivity index (χ4v) is 2.39. The number of hydrogen-bond donors (Lipinski definition) is 1. The zero-order chi connectivity index (χ0) is 14.7. The fraction of sp³-hybridized carbons (Fsp3) is 0.538. The molecule has 2 rings (SSSR count). The third-order valence-corrected chi connectivity index (χ3v) is 3.53. The molecule has 20 heavy (non-hydrogen) atoms. The van der Waals surface area contributed by atoms with Gasteiger partial charge in [0.05, 0.1) is 0 Å². The van der Waals surface area contributed by atoms with Crippen molar-refractivity contribution in [3.05, 3.63) is 24.0 Å². The van der Waals surface area contributed by atoms with E-state index in [0.29, 0.717) is 13.1 Å². The van der Waals surface area contributed by atoms with Crippen LogP contribution in [0.4, 0.5) is 0 Å². The van der Waals surface area contributed by atoms with Gasteiger partial charge < -0.3 is 24.0 Å². The quantitative estimate of drug-likeness (QED) is 0.826. The van der Waals surface area contributed by atoms with Gasteiger partial charge in [0.1, 0.15) is 24.4 Å². The molecule has 0 radical (unpaired) electrons. The number of aromatic carboxylic acids is 1. The Kier molecular flexibility index (Phi) is 4.41. The van der Waals surface area contributed by atoms with Crippen LogP contribution in [-0.4, -0.2) is 66.0 Å². The van der Waals surface area contributed by atoms with E-state index in [2.05, 4.69) is 0 Å². The predicted octanol–water partition coefficient (Wildman–Crippen LogP) is 0.0585. The van der Waals surface area contributed by atoms with E-state index in [1.807, 2.05) is 0 Å². The average Bonchev–Trinajstić information content (AvgIpc) is 3.03. The van der Waals surface area contributed by atoms with Gasteiger partial charge in [-0.2, -0.15) is 0 Å². The molecular weight excluding hydrogens is 264 g/mol. The summed E-state index contributed by atoms with van der Waals surface area (Å²) in [5, 5.41) is 9.01. The molecule has 0 spiro atoms. The van der Waals surface area contributed by atoms with Crippen LogP contribution in [0.2, 0.25) is 0 Å². The number of hydrogen-bond acceptors (Lipinski definition) is 4. The van der Waals surface area contributed by atoms with Crippen molar-refractivity contribution in [3.63, 3.8) is 0 Å². The first-order valence-corrected chi connectivity index (χ1v) is 6.28. The molecule has 1 amide bonds. The molecule has 2 unspecified atom stereocenters. The first-order valence-electron chi connectivity index (χ1n) is 6.28. The van der Waals surface area contributed by atoms with E-state index in [9.17, 15) is 9.59 Å².